The summed E-state index contributed by atoms with van der Waals surface area (Å²) in [5, 5.41) is 3.68. The number of hydrogen-bond donors (Lipinski definition) is 1. The Bertz CT molecular complexity index is 155. The molecule has 0 aromatic rings. The van der Waals surface area contributed by atoms with Gasteiger partial charge in [0.25, 0.3) is 0 Å². The Kier molecular flexibility index (Phi) is 6.26. The summed E-state index contributed by atoms with van der Waals surface area (Å²) in [4.78, 5) is 0. The summed E-state index contributed by atoms with van der Waals surface area (Å²) in [5.74, 6) is 0. The highest BCUT2D eigenvalue weighted by atomic mass is 16.5. The Hall–Kier alpha value is -0.0800. The molecule has 0 bridgehead atoms. The number of unbranched alkanes of at least 4 members (excludes halogenated alkanes) is 3. The van der Waals surface area contributed by atoms with Gasteiger partial charge >= 0.3 is 0 Å². The van der Waals surface area contributed by atoms with Crippen molar-refractivity contribution in [1.82, 2.24) is 5.32 Å². The number of ether oxygens (including phenoxy) is 1. The van der Waals surface area contributed by atoms with Crippen LogP contribution in [0.15, 0.2) is 0 Å². The van der Waals surface area contributed by atoms with E-state index in [9.17, 15) is 0 Å². The van der Waals surface area contributed by atoms with Crippen molar-refractivity contribution in [3.05, 3.63) is 0 Å². The van der Waals surface area contributed by atoms with Crippen molar-refractivity contribution in [2.75, 3.05) is 7.11 Å². The smallest absolute Gasteiger partial charge is 0.0601 e. The van der Waals surface area contributed by atoms with Crippen LogP contribution in [0.3, 0.4) is 0 Å². The molecule has 1 fully saturated rings. The molecule has 2 nitrogen and oxygen atoms in total. The zero-order valence-electron chi connectivity index (χ0n) is 10.6. The second-order valence-electron chi connectivity index (χ2n) is 4.94. The lowest BCUT2D eigenvalue weighted by atomic mass is 9.88. The molecule has 1 rings (SSSR count). The molecule has 0 amide bonds. The molecule has 0 heterocycles. The van der Waals surface area contributed by atoms with Crippen molar-refractivity contribution in [3.8, 4) is 0 Å². The lowest BCUT2D eigenvalue weighted by Crippen LogP contribution is -2.48. The van der Waals surface area contributed by atoms with E-state index in [0.29, 0.717) is 12.1 Å². The predicted molar refractivity (Wildman–Crippen MR) is 65.2 cm³/mol. The average Bonchev–Trinajstić information content (AvgIpc) is 2.17. The molecular formula is C13H27NO. The van der Waals surface area contributed by atoms with E-state index in [0.717, 1.165) is 6.04 Å². The second-order valence-corrected chi connectivity index (χ2v) is 4.94. The molecule has 0 saturated heterocycles. The third kappa shape index (κ3) is 4.98. The van der Waals surface area contributed by atoms with Gasteiger partial charge in [-0.1, -0.05) is 32.6 Å². The van der Waals surface area contributed by atoms with Gasteiger partial charge < -0.3 is 10.1 Å². The number of nitrogens with one attached hydrogen (secondary N) is 1. The quantitative estimate of drug-likeness (QED) is 0.626. The molecule has 1 saturated carbocycles. The lowest BCUT2D eigenvalue weighted by Gasteiger charge is -2.36. The van der Waals surface area contributed by atoms with Crippen LogP contribution >= 0.6 is 0 Å². The Labute approximate surface area is 94.8 Å². The molecule has 2 heteroatoms. The van der Waals surface area contributed by atoms with E-state index in [1.54, 1.807) is 0 Å². The van der Waals surface area contributed by atoms with Crippen molar-refractivity contribution >= 4 is 0 Å². The topological polar surface area (TPSA) is 21.3 Å². The van der Waals surface area contributed by atoms with Gasteiger partial charge in [-0.15, -0.1) is 0 Å². The van der Waals surface area contributed by atoms with Crippen LogP contribution in [0, 0.1) is 0 Å². The molecule has 0 radical (unpaired) electrons. The van der Waals surface area contributed by atoms with Gasteiger partial charge in [0.05, 0.1) is 6.10 Å². The van der Waals surface area contributed by atoms with E-state index in [1.165, 1.54) is 44.9 Å². The van der Waals surface area contributed by atoms with Crippen molar-refractivity contribution in [2.45, 2.75) is 77.0 Å². The van der Waals surface area contributed by atoms with Crippen LogP contribution in [0.1, 0.15) is 58.8 Å². The standard InChI is InChI=1S/C13H27NO/c1-4-5-6-7-8-11(2)14-12-9-13(10-12)15-3/h11-14H,4-10H2,1-3H3. The molecule has 0 aromatic heterocycles. The summed E-state index contributed by atoms with van der Waals surface area (Å²) in [6.07, 6.45) is 9.76. The molecular weight excluding hydrogens is 186 g/mol. The first-order valence-corrected chi connectivity index (χ1v) is 6.55. The summed E-state index contributed by atoms with van der Waals surface area (Å²) < 4.78 is 5.27. The highest BCUT2D eigenvalue weighted by Gasteiger charge is 2.29. The van der Waals surface area contributed by atoms with Gasteiger partial charge in [-0.3, -0.25) is 0 Å². The first kappa shape index (κ1) is 13.0. The highest BCUT2D eigenvalue weighted by Crippen LogP contribution is 2.23. The summed E-state index contributed by atoms with van der Waals surface area (Å²) in [6, 6.07) is 1.40. The monoisotopic (exact) mass is 213 g/mol. The summed E-state index contributed by atoms with van der Waals surface area (Å²) >= 11 is 0. The van der Waals surface area contributed by atoms with E-state index in [-0.39, 0.29) is 0 Å². The van der Waals surface area contributed by atoms with Crippen LogP contribution in [0.25, 0.3) is 0 Å². The maximum Gasteiger partial charge on any atom is 0.0601 e. The fraction of sp³-hybridized carbons (Fsp3) is 1.00. The minimum absolute atomic E-state index is 0.523. The van der Waals surface area contributed by atoms with E-state index in [1.807, 2.05) is 7.11 Å². The second kappa shape index (κ2) is 7.24. The van der Waals surface area contributed by atoms with Crippen LogP contribution in [0.2, 0.25) is 0 Å². The number of rotatable bonds is 8. The minimum atomic E-state index is 0.523. The Balaban J connectivity index is 1.92. The first-order valence-electron chi connectivity index (χ1n) is 6.55. The number of methoxy groups -OCH3 is 1. The summed E-state index contributed by atoms with van der Waals surface area (Å²) in [7, 11) is 1.81. The third-order valence-electron chi connectivity index (χ3n) is 3.44. The van der Waals surface area contributed by atoms with Gasteiger partial charge in [-0.2, -0.15) is 0 Å². The van der Waals surface area contributed by atoms with Crippen LogP contribution in [-0.2, 0) is 4.74 Å². The van der Waals surface area contributed by atoms with Gasteiger partial charge in [0.15, 0.2) is 0 Å². The van der Waals surface area contributed by atoms with Gasteiger partial charge in [-0.25, -0.2) is 0 Å². The maximum atomic E-state index is 5.27. The van der Waals surface area contributed by atoms with Gasteiger partial charge in [0.1, 0.15) is 0 Å². The van der Waals surface area contributed by atoms with Gasteiger partial charge in [-0.05, 0) is 26.2 Å². The average molecular weight is 213 g/mol. The molecule has 1 aliphatic carbocycles. The summed E-state index contributed by atoms with van der Waals surface area (Å²) in [6.45, 7) is 4.58. The SMILES string of the molecule is CCCCCCC(C)NC1CC(OC)C1. The van der Waals surface area contributed by atoms with E-state index in [4.69, 9.17) is 4.74 Å². The molecule has 90 valence electrons. The number of hydrogen-bond acceptors (Lipinski definition) is 2. The van der Waals surface area contributed by atoms with Crippen LogP contribution in [0.4, 0.5) is 0 Å². The first-order chi connectivity index (χ1) is 7.26. The van der Waals surface area contributed by atoms with E-state index >= 15 is 0 Å². The van der Waals surface area contributed by atoms with Crippen molar-refractivity contribution < 1.29 is 4.74 Å². The van der Waals surface area contributed by atoms with Crippen LogP contribution in [-0.4, -0.2) is 25.3 Å². The Morgan fingerprint density at radius 3 is 2.60 bits per heavy atom. The van der Waals surface area contributed by atoms with Crippen molar-refractivity contribution in [3.63, 3.8) is 0 Å². The van der Waals surface area contributed by atoms with E-state index in [2.05, 4.69) is 19.2 Å². The summed E-state index contributed by atoms with van der Waals surface area (Å²) in [5.41, 5.74) is 0. The van der Waals surface area contributed by atoms with Crippen LogP contribution in [0.5, 0.6) is 0 Å². The van der Waals surface area contributed by atoms with Gasteiger partial charge in [0.2, 0.25) is 0 Å². The van der Waals surface area contributed by atoms with Crippen molar-refractivity contribution in [2.24, 2.45) is 0 Å². The Morgan fingerprint density at radius 2 is 2.00 bits per heavy atom. The zero-order valence-corrected chi connectivity index (χ0v) is 10.6. The molecule has 1 aliphatic rings. The maximum absolute atomic E-state index is 5.27. The molecule has 0 aromatic carbocycles. The van der Waals surface area contributed by atoms with Crippen LogP contribution < -0.4 is 5.32 Å². The molecule has 1 unspecified atom stereocenters. The zero-order chi connectivity index (χ0) is 11.1. The molecule has 0 aliphatic heterocycles. The van der Waals surface area contributed by atoms with E-state index < -0.39 is 0 Å². The van der Waals surface area contributed by atoms with Crippen molar-refractivity contribution in [1.29, 1.82) is 0 Å². The fourth-order valence-corrected chi connectivity index (χ4v) is 2.26. The molecule has 0 spiro atoms. The largest absolute Gasteiger partial charge is 0.381 e. The third-order valence-corrected chi connectivity index (χ3v) is 3.44. The normalized spacial score (nSPS) is 27.4. The fourth-order valence-electron chi connectivity index (χ4n) is 2.26. The van der Waals surface area contributed by atoms with Gasteiger partial charge in [0, 0.05) is 19.2 Å². The molecule has 1 N–H and O–H groups in total. The molecule has 1 atom stereocenters. The highest BCUT2D eigenvalue weighted by molar-refractivity contribution is 4.87. The lowest BCUT2D eigenvalue weighted by molar-refractivity contribution is 0.0145. The Morgan fingerprint density at radius 1 is 1.27 bits per heavy atom. The molecule has 15 heavy (non-hydrogen) atoms. The predicted octanol–water partition coefficient (Wildman–Crippen LogP) is 3.11. The minimum Gasteiger partial charge on any atom is -0.381 e.